The van der Waals surface area contributed by atoms with Gasteiger partial charge in [0.25, 0.3) is 0 Å². The number of rotatable bonds is 12. The number of carbonyl (C=O) groups is 2. The van der Waals surface area contributed by atoms with Gasteiger partial charge in [-0.25, -0.2) is 27.5 Å². The number of Topliss-reactive ketones (excluding diaryl/α,β-unsaturated/α-hetero) is 2. The van der Waals surface area contributed by atoms with Crippen molar-refractivity contribution in [2.75, 3.05) is 25.2 Å². The molecule has 2 atom stereocenters. The third-order valence-electron chi connectivity index (χ3n) is 11.3. The normalized spacial score (nSPS) is 14.3. The molecule has 2 heterocycles. The van der Waals surface area contributed by atoms with Crippen LogP contribution in [0.25, 0.3) is 22.3 Å². The summed E-state index contributed by atoms with van der Waals surface area (Å²) in [4.78, 5) is 31.9. The van der Waals surface area contributed by atoms with E-state index in [1.54, 1.807) is 24.3 Å². The predicted molar refractivity (Wildman–Crippen MR) is 276 cm³/mol. The van der Waals surface area contributed by atoms with E-state index in [0.29, 0.717) is 16.6 Å². The van der Waals surface area contributed by atoms with Gasteiger partial charge < -0.3 is 19.3 Å². The molecule has 72 heavy (non-hydrogen) atoms. The topological polar surface area (TPSA) is 107 Å². The molecule has 8 aromatic carbocycles. The molecule has 0 fully saturated rings. The fourth-order valence-corrected chi connectivity index (χ4v) is 7.84. The number of hydrogen-bond donors (Lipinski definition) is 1. The van der Waals surface area contributed by atoms with Crippen LogP contribution in [0.5, 0.6) is 11.5 Å². The quantitative estimate of drug-likeness (QED) is 0.0742. The molecule has 0 aliphatic carbocycles. The molecule has 10 rings (SSSR count). The van der Waals surface area contributed by atoms with Crippen molar-refractivity contribution in [3.05, 3.63) is 251 Å². The van der Waals surface area contributed by atoms with Gasteiger partial charge in [0, 0.05) is 11.1 Å². The summed E-state index contributed by atoms with van der Waals surface area (Å²) in [6.45, 7) is 0.429. The van der Waals surface area contributed by atoms with Crippen LogP contribution in [0.1, 0.15) is 62.5 Å². The number of aliphatic imine (C=N–C) groups is 2. The van der Waals surface area contributed by atoms with Gasteiger partial charge in [-0.05, 0) is 81.9 Å². The Labute approximate surface area is 423 Å². The molecule has 8 nitrogen and oxygen atoms in total. The first kappa shape index (κ1) is 51.7. The summed E-state index contributed by atoms with van der Waals surface area (Å²) < 4.78 is 72.4. The molecule has 1 N–H and O–H groups in total. The Morgan fingerprint density at radius 1 is 0.500 bits per heavy atom. The van der Waals surface area contributed by atoms with E-state index in [4.69, 9.17) is 14.2 Å². The second kappa shape index (κ2) is 24.6. The van der Waals surface area contributed by atoms with Gasteiger partial charge in [-0.2, -0.15) is 0 Å². The highest BCUT2D eigenvalue weighted by atomic mass is 79.9. The molecule has 2 aliphatic heterocycles. The lowest BCUT2D eigenvalue weighted by Gasteiger charge is -2.09. The zero-order valence-electron chi connectivity index (χ0n) is 37.7. The lowest BCUT2D eigenvalue weighted by molar-refractivity contribution is 0.0921. The second-order valence-corrected chi connectivity index (χ2v) is 16.6. The van der Waals surface area contributed by atoms with Gasteiger partial charge in [0.05, 0.1) is 5.33 Å². The molecular weight excluding hydrogens is 989 g/mol. The molecule has 0 radical (unpaired) electrons. The molecule has 8 aromatic rings. The van der Waals surface area contributed by atoms with E-state index in [-0.39, 0.29) is 79.6 Å². The van der Waals surface area contributed by atoms with Crippen LogP contribution < -0.4 is 4.74 Å². The molecule has 0 spiro atoms. The highest BCUT2D eigenvalue weighted by Gasteiger charge is 2.27. The van der Waals surface area contributed by atoms with Crippen LogP contribution >= 0.6 is 15.9 Å². The van der Waals surface area contributed by atoms with E-state index in [2.05, 4.69) is 25.9 Å². The maximum atomic E-state index is 14.0. The number of ketones is 2. The number of halogens is 5. The zero-order valence-corrected chi connectivity index (χ0v) is 39.3. The van der Waals surface area contributed by atoms with E-state index in [1.165, 1.54) is 36.4 Å². The van der Waals surface area contributed by atoms with Crippen LogP contribution in [0.2, 0.25) is 0 Å². The molecule has 2 unspecified atom stereocenters. The van der Waals surface area contributed by atoms with E-state index in [9.17, 15) is 32.3 Å². The number of ether oxygens (including phenoxy) is 3. The summed E-state index contributed by atoms with van der Waals surface area (Å²) in [5.41, 5.74) is 6.66. The van der Waals surface area contributed by atoms with Gasteiger partial charge in [-0.3, -0.25) is 9.59 Å². The number of carbonyl (C=O) groups excluding carboxylic acids is 2. The number of hydrogen-bond acceptors (Lipinski definition) is 8. The number of nitrogens with zero attached hydrogens (tertiary/aromatic N) is 2. The molecule has 2 aliphatic rings. The number of benzene rings is 8. The van der Waals surface area contributed by atoms with Crippen molar-refractivity contribution >= 4 is 39.3 Å². The smallest absolute Gasteiger partial charge is 0.222 e. The third-order valence-corrected chi connectivity index (χ3v) is 11.8. The van der Waals surface area contributed by atoms with Crippen LogP contribution in [0.15, 0.2) is 204 Å². The van der Waals surface area contributed by atoms with Crippen molar-refractivity contribution < 1.29 is 46.5 Å². The molecular formula is C59H47BrF4N2O6. The van der Waals surface area contributed by atoms with Gasteiger partial charge in [-0.1, -0.05) is 169 Å². The summed E-state index contributed by atoms with van der Waals surface area (Å²) in [7, 11) is 0. The SMILES string of the molecule is C.O=C(CBr)c1ccccc1.O=C(COc1ccc(-c2ccc(C3COC(c4c(F)cccc4F)=N3)cc2)cc1)c1ccccc1.Oc1ccc(-c2ccc(C3COC(c4c(F)cccc4F)=N3)cc2)cc1. The Bertz CT molecular complexity index is 3120. The van der Waals surface area contributed by atoms with Crippen molar-refractivity contribution in [3.63, 3.8) is 0 Å². The molecule has 0 saturated carbocycles. The van der Waals surface area contributed by atoms with Gasteiger partial charge in [0.1, 0.15) is 71.2 Å². The van der Waals surface area contributed by atoms with Crippen molar-refractivity contribution in [1.29, 1.82) is 0 Å². The summed E-state index contributed by atoms with van der Waals surface area (Å²) in [5.74, 6) is -1.92. The predicted octanol–water partition coefficient (Wildman–Crippen LogP) is 14.2. The number of alkyl halides is 1. The average Bonchev–Trinajstić information content (AvgIpc) is 4.11. The standard InChI is InChI=1S/C29H21F2NO3.C21H15F2NO2.C8H7BrO.CH4/c30-24-7-4-8-25(31)28(24)29-32-26(17-35-29)21-11-9-19(10-12-21)20-13-15-23(16-14-20)34-18-27(33)22-5-2-1-3-6-22;22-17-2-1-3-18(23)20(17)21-24-19(12-26-21)15-6-4-13(5-7-15)14-8-10-16(25)11-9-14;9-6-8(10)7-4-2-1-3-5-7;/h1-16,26H,17-18H2;1-11,19,25H,12H2;1-5H,6H2;1H4. The summed E-state index contributed by atoms with van der Waals surface area (Å²) >= 11 is 3.10. The maximum Gasteiger partial charge on any atom is 0.222 e. The van der Waals surface area contributed by atoms with Gasteiger partial charge in [-0.15, -0.1) is 0 Å². The van der Waals surface area contributed by atoms with E-state index in [0.717, 1.165) is 38.9 Å². The maximum absolute atomic E-state index is 14.0. The third kappa shape index (κ3) is 13.0. The lowest BCUT2D eigenvalue weighted by Crippen LogP contribution is -2.11. The van der Waals surface area contributed by atoms with Crippen LogP contribution in [-0.2, 0) is 9.47 Å². The molecule has 0 aromatic heterocycles. The first-order chi connectivity index (χ1) is 34.5. The molecule has 13 heteroatoms. The Morgan fingerprint density at radius 3 is 1.25 bits per heavy atom. The van der Waals surface area contributed by atoms with Crippen molar-refractivity contribution in [2.24, 2.45) is 9.98 Å². The minimum absolute atomic E-state index is 0. The first-order valence-electron chi connectivity index (χ1n) is 22.3. The Hall–Kier alpha value is -8.16. The van der Waals surface area contributed by atoms with Crippen LogP contribution in [0, 0.1) is 23.3 Å². The summed E-state index contributed by atoms with van der Waals surface area (Å²) in [6.07, 6.45) is 0. The van der Waals surface area contributed by atoms with Crippen LogP contribution in [0.4, 0.5) is 17.6 Å². The first-order valence-corrected chi connectivity index (χ1v) is 23.4. The lowest BCUT2D eigenvalue weighted by atomic mass is 10.0. The Kier molecular flexibility index (Phi) is 17.7. The molecule has 364 valence electrons. The van der Waals surface area contributed by atoms with Crippen LogP contribution in [-0.4, -0.2) is 53.6 Å². The van der Waals surface area contributed by atoms with Gasteiger partial charge in [0.2, 0.25) is 11.8 Å². The minimum Gasteiger partial charge on any atom is -0.508 e. The Balaban J connectivity index is 0.000000180. The van der Waals surface area contributed by atoms with E-state index >= 15 is 0 Å². The van der Waals surface area contributed by atoms with Crippen molar-refractivity contribution in [2.45, 2.75) is 19.5 Å². The van der Waals surface area contributed by atoms with Crippen LogP contribution in [0.3, 0.4) is 0 Å². The van der Waals surface area contributed by atoms with Crippen molar-refractivity contribution in [1.82, 2.24) is 0 Å². The van der Waals surface area contributed by atoms with Gasteiger partial charge >= 0.3 is 0 Å². The molecule has 0 amide bonds. The minimum atomic E-state index is -0.698. The Morgan fingerprint density at radius 2 is 0.861 bits per heavy atom. The summed E-state index contributed by atoms with van der Waals surface area (Å²) in [6, 6.07) is 54.9. The number of phenols is 1. The van der Waals surface area contributed by atoms with E-state index in [1.807, 2.05) is 133 Å². The average molecular weight is 1040 g/mol. The summed E-state index contributed by atoms with van der Waals surface area (Å²) in [5, 5.41) is 9.77. The highest BCUT2D eigenvalue weighted by molar-refractivity contribution is 9.09. The number of aromatic hydroxyl groups is 1. The largest absolute Gasteiger partial charge is 0.508 e. The van der Waals surface area contributed by atoms with Gasteiger partial charge in [0.15, 0.2) is 18.2 Å². The second-order valence-electron chi connectivity index (χ2n) is 16.0. The van der Waals surface area contributed by atoms with Crippen molar-refractivity contribution in [3.8, 4) is 33.8 Å². The highest BCUT2D eigenvalue weighted by Crippen LogP contribution is 2.32. The molecule has 0 saturated heterocycles. The van der Waals surface area contributed by atoms with E-state index < -0.39 is 23.3 Å². The molecule has 0 bridgehead atoms. The monoisotopic (exact) mass is 1030 g/mol. The zero-order chi connectivity index (χ0) is 49.7. The fourth-order valence-electron chi connectivity index (χ4n) is 7.52. The fraction of sp³-hybridized carbons (Fsp3) is 0.119. The number of phenolic OH excluding ortho intramolecular Hbond substituents is 1.